The monoisotopic (exact) mass is 212 g/mol. The second kappa shape index (κ2) is 5.46. The molecule has 0 amide bonds. The van der Waals surface area contributed by atoms with Crippen molar-refractivity contribution < 1.29 is 4.65 Å². The number of rotatable bonds is 5. The van der Waals surface area contributed by atoms with Gasteiger partial charge in [0.25, 0.3) is 6.92 Å². The van der Waals surface area contributed by atoms with E-state index < -0.39 is 6.69 Å². The van der Waals surface area contributed by atoms with Crippen molar-refractivity contribution in [2.45, 2.75) is 32.2 Å². The summed E-state index contributed by atoms with van der Waals surface area (Å²) in [5.74, 6) is 0. The van der Waals surface area contributed by atoms with E-state index in [9.17, 15) is 0 Å². The second-order valence-corrected chi connectivity index (χ2v) is 11.2. The summed E-state index contributed by atoms with van der Waals surface area (Å²) in [6, 6.07) is 0.962. The lowest BCUT2D eigenvalue weighted by atomic mass is 9.67. The molecule has 0 saturated heterocycles. The van der Waals surface area contributed by atoms with E-state index in [-0.39, 0.29) is 0 Å². The van der Waals surface area contributed by atoms with Gasteiger partial charge >= 0.3 is 0 Å². The molecule has 0 aromatic heterocycles. The third kappa shape index (κ3) is 8.73. The van der Waals surface area contributed by atoms with Gasteiger partial charge in [0.05, 0.1) is 0 Å². The van der Waals surface area contributed by atoms with Gasteiger partial charge in [-0.05, 0) is 18.9 Å². The molecule has 1 nitrogen and oxygen atoms in total. The molecule has 0 aliphatic rings. The third-order valence-electron chi connectivity index (χ3n) is 1.63. The van der Waals surface area contributed by atoms with Gasteiger partial charge in [-0.1, -0.05) is 13.2 Å². The van der Waals surface area contributed by atoms with Crippen molar-refractivity contribution >= 4 is 35.8 Å². The van der Waals surface area contributed by atoms with Gasteiger partial charge in [-0.2, -0.15) is 0 Å². The fourth-order valence-corrected chi connectivity index (χ4v) is 2.44. The first-order chi connectivity index (χ1) is 4.95. The maximum atomic E-state index is 5.92. The van der Waals surface area contributed by atoms with Crippen LogP contribution in [0.1, 0.15) is 6.42 Å². The molecule has 0 atom stereocenters. The standard InChI is InChI=1S/C6H15BCl2OSi/c1-7(10-2)5-4-6-11(3,8)9/h4-6H2,1-3H3. The lowest BCUT2D eigenvalue weighted by molar-refractivity contribution is 0.423. The molecule has 0 aromatic rings. The molecule has 0 heterocycles. The van der Waals surface area contributed by atoms with Crippen molar-refractivity contribution in [2.24, 2.45) is 0 Å². The van der Waals surface area contributed by atoms with Gasteiger partial charge in [0, 0.05) is 7.11 Å². The Kier molecular flexibility index (Phi) is 5.87. The van der Waals surface area contributed by atoms with Crippen LogP contribution in [0.15, 0.2) is 0 Å². The maximum Gasteiger partial charge on any atom is 0.289 e. The quantitative estimate of drug-likeness (QED) is 0.503. The Labute approximate surface area is 79.9 Å². The van der Waals surface area contributed by atoms with Crippen LogP contribution < -0.4 is 0 Å². The van der Waals surface area contributed by atoms with Crippen LogP contribution in [0.3, 0.4) is 0 Å². The predicted octanol–water partition coefficient (Wildman–Crippen LogP) is 3.19. The lowest BCUT2D eigenvalue weighted by Gasteiger charge is -2.10. The molecule has 0 spiro atoms. The number of halogens is 2. The van der Waals surface area contributed by atoms with Crippen LogP contribution in [-0.2, 0) is 4.65 Å². The van der Waals surface area contributed by atoms with E-state index in [1.54, 1.807) is 7.11 Å². The van der Waals surface area contributed by atoms with Crippen LogP contribution in [0, 0.1) is 0 Å². The van der Waals surface area contributed by atoms with E-state index in [0.717, 1.165) is 18.8 Å². The Morgan fingerprint density at radius 3 is 2.36 bits per heavy atom. The minimum Gasteiger partial charge on any atom is -0.439 e. The second-order valence-electron chi connectivity index (χ2n) is 3.01. The van der Waals surface area contributed by atoms with Gasteiger partial charge in [-0.25, -0.2) is 0 Å². The Morgan fingerprint density at radius 2 is 2.00 bits per heavy atom. The van der Waals surface area contributed by atoms with Crippen molar-refractivity contribution in [2.75, 3.05) is 7.11 Å². The summed E-state index contributed by atoms with van der Waals surface area (Å²) in [7, 11) is 1.72. The van der Waals surface area contributed by atoms with Gasteiger partial charge in [0.1, 0.15) is 0 Å². The van der Waals surface area contributed by atoms with Crippen molar-refractivity contribution in [1.82, 2.24) is 0 Å². The normalized spacial score (nSPS) is 11.7. The van der Waals surface area contributed by atoms with Crippen molar-refractivity contribution in [3.05, 3.63) is 0 Å². The Balaban J connectivity index is 3.28. The molecular formula is C6H15BCl2OSi. The van der Waals surface area contributed by atoms with Crippen LogP contribution in [0.4, 0.5) is 0 Å². The maximum absolute atomic E-state index is 5.92. The summed E-state index contributed by atoms with van der Waals surface area (Å²) >= 11 is 11.8. The summed E-state index contributed by atoms with van der Waals surface area (Å²) in [6.45, 7) is 2.49. The molecule has 66 valence electrons. The molecular weight excluding hydrogens is 198 g/mol. The zero-order chi connectivity index (χ0) is 8.91. The molecule has 0 aliphatic carbocycles. The first-order valence-electron chi connectivity index (χ1n) is 3.86. The number of hydrogen-bond acceptors (Lipinski definition) is 1. The zero-order valence-corrected chi connectivity index (χ0v) is 9.87. The molecule has 0 saturated carbocycles. The highest BCUT2D eigenvalue weighted by Crippen LogP contribution is 2.22. The van der Waals surface area contributed by atoms with Crippen molar-refractivity contribution in [1.29, 1.82) is 0 Å². The molecule has 0 radical (unpaired) electrons. The largest absolute Gasteiger partial charge is 0.439 e. The molecule has 0 bridgehead atoms. The summed E-state index contributed by atoms with van der Waals surface area (Å²) in [5, 5.41) is 0. The average Bonchev–Trinajstić information content (AvgIpc) is 1.85. The fraction of sp³-hybridized carbons (Fsp3) is 1.00. The molecule has 0 aromatic carbocycles. The first-order valence-corrected chi connectivity index (χ1v) is 8.59. The fourth-order valence-electron chi connectivity index (χ4n) is 0.818. The van der Waals surface area contributed by atoms with Gasteiger partial charge in [-0.3, -0.25) is 0 Å². The van der Waals surface area contributed by atoms with E-state index in [4.69, 9.17) is 26.8 Å². The highest BCUT2D eigenvalue weighted by Gasteiger charge is 2.20. The van der Waals surface area contributed by atoms with Crippen molar-refractivity contribution in [3.8, 4) is 0 Å². The Bertz CT molecular complexity index is 107. The molecule has 0 N–H and O–H groups in total. The third-order valence-corrected chi connectivity index (χ3v) is 3.99. The minimum atomic E-state index is -1.85. The number of hydrogen-bond donors (Lipinski definition) is 0. The van der Waals surface area contributed by atoms with E-state index in [2.05, 4.69) is 6.82 Å². The SMILES string of the molecule is COB(C)CCC[Si](C)(Cl)Cl. The van der Waals surface area contributed by atoms with Crippen LogP contribution in [0.2, 0.25) is 25.7 Å². The summed E-state index contributed by atoms with van der Waals surface area (Å²) in [5.41, 5.74) is 0. The van der Waals surface area contributed by atoms with Crippen molar-refractivity contribution in [3.63, 3.8) is 0 Å². The molecule has 0 aliphatic heterocycles. The molecule has 0 fully saturated rings. The van der Waals surface area contributed by atoms with E-state index in [0.29, 0.717) is 6.92 Å². The highest BCUT2D eigenvalue weighted by atomic mass is 35.7. The van der Waals surface area contributed by atoms with Gasteiger partial charge in [0.2, 0.25) is 6.69 Å². The Morgan fingerprint density at radius 1 is 1.45 bits per heavy atom. The topological polar surface area (TPSA) is 9.23 Å². The van der Waals surface area contributed by atoms with E-state index in [1.807, 2.05) is 6.55 Å². The minimum absolute atomic E-state index is 0.333. The van der Waals surface area contributed by atoms with Crippen LogP contribution in [0.25, 0.3) is 0 Å². The molecule has 0 rings (SSSR count). The van der Waals surface area contributed by atoms with E-state index >= 15 is 0 Å². The smallest absolute Gasteiger partial charge is 0.289 e. The van der Waals surface area contributed by atoms with Crippen LogP contribution in [0.5, 0.6) is 0 Å². The van der Waals surface area contributed by atoms with Gasteiger partial charge in [-0.15, -0.1) is 22.2 Å². The van der Waals surface area contributed by atoms with E-state index in [1.165, 1.54) is 0 Å². The highest BCUT2D eigenvalue weighted by molar-refractivity contribution is 7.44. The van der Waals surface area contributed by atoms with Gasteiger partial charge in [0.15, 0.2) is 0 Å². The van der Waals surface area contributed by atoms with Crippen LogP contribution >= 0.6 is 22.2 Å². The predicted molar refractivity (Wildman–Crippen MR) is 56.2 cm³/mol. The molecule has 5 heteroatoms. The molecule has 0 unspecified atom stereocenters. The average molecular weight is 213 g/mol. The summed E-state index contributed by atoms with van der Waals surface area (Å²) < 4.78 is 5.09. The summed E-state index contributed by atoms with van der Waals surface area (Å²) in [6.07, 6.45) is 2.13. The Hall–Kier alpha value is 0.822. The lowest BCUT2D eigenvalue weighted by Crippen LogP contribution is -2.15. The van der Waals surface area contributed by atoms with Gasteiger partial charge < -0.3 is 4.65 Å². The summed E-state index contributed by atoms with van der Waals surface area (Å²) in [4.78, 5) is 0. The zero-order valence-electron chi connectivity index (χ0n) is 7.36. The first kappa shape index (κ1) is 11.8. The van der Waals surface area contributed by atoms with Crippen LogP contribution in [-0.4, -0.2) is 20.7 Å². The molecule has 11 heavy (non-hydrogen) atoms.